The van der Waals surface area contributed by atoms with E-state index in [1.54, 1.807) is 0 Å². The van der Waals surface area contributed by atoms with Gasteiger partial charge >= 0.3 is 5.97 Å². The van der Waals surface area contributed by atoms with Crippen molar-refractivity contribution < 1.29 is 19.4 Å². The summed E-state index contributed by atoms with van der Waals surface area (Å²) in [7, 11) is 0. The molecule has 0 unspecified atom stereocenters. The summed E-state index contributed by atoms with van der Waals surface area (Å²) < 4.78 is 5.62. The Balaban J connectivity index is 1.76. The molecule has 1 amide bonds. The third-order valence-corrected chi connectivity index (χ3v) is 3.28. The molecule has 1 aliphatic carbocycles. The number of rotatable bonds is 6. The van der Waals surface area contributed by atoms with Gasteiger partial charge in [0.15, 0.2) is 0 Å². The van der Waals surface area contributed by atoms with Crippen LogP contribution in [0.5, 0.6) is 0 Å². The molecule has 0 spiro atoms. The van der Waals surface area contributed by atoms with Gasteiger partial charge in [0.1, 0.15) is 5.69 Å². The van der Waals surface area contributed by atoms with Gasteiger partial charge in [-0.3, -0.25) is 9.78 Å². The molecule has 1 heterocycles. The summed E-state index contributed by atoms with van der Waals surface area (Å²) in [5, 5.41) is 11.5. The predicted molar refractivity (Wildman–Crippen MR) is 71.7 cm³/mol. The normalized spacial score (nSPS) is 15.2. The van der Waals surface area contributed by atoms with E-state index in [0.29, 0.717) is 19.3 Å². The van der Waals surface area contributed by atoms with Crippen molar-refractivity contribution in [2.75, 3.05) is 13.2 Å². The number of carboxylic acids is 1. The van der Waals surface area contributed by atoms with Crippen LogP contribution in [0.1, 0.15) is 46.5 Å². The van der Waals surface area contributed by atoms with Gasteiger partial charge in [0, 0.05) is 12.7 Å². The quantitative estimate of drug-likeness (QED) is 0.769. The first kappa shape index (κ1) is 14.5. The first-order valence-corrected chi connectivity index (χ1v) is 6.76. The topological polar surface area (TPSA) is 88.5 Å². The lowest BCUT2D eigenvalue weighted by Crippen LogP contribution is -2.29. The van der Waals surface area contributed by atoms with Crippen LogP contribution in [0.4, 0.5) is 0 Å². The zero-order valence-electron chi connectivity index (χ0n) is 11.2. The number of hydrogen-bond donors (Lipinski definition) is 2. The molecule has 1 aliphatic rings. The Bertz CT molecular complexity index is 484. The second kappa shape index (κ2) is 7.00. The van der Waals surface area contributed by atoms with Crippen LogP contribution in [0, 0.1) is 0 Å². The zero-order chi connectivity index (χ0) is 14.4. The van der Waals surface area contributed by atoms with Crippen LogP contribution in [-0.2, 0) is 4.74 Å². The second-order valence-corrected chi connectivity index (χ2v) is 4.77. The van der Waals surface area contributed by atoms with Crippen molar-refractivity contribution in [1.82, 2.24) is 10.3 Å². The van der Waals surface area contributed by atoms with Crippen molar-refractivity contribution in [2.45, 2.75) is 31.8 Å². The number of nitrogens with zero attached hydrogens (tertiary/aromatic N) is 1. The smallest absolute Gasteiger partial charge is 0.335 e. The van der Waals surface area contributed by atoms with Crippen molar-refractivity contribution in [3.05, 3.63) is 29.6 Å². The van der Waals surface area contributed by atoms with Crippen LogP contribution in [0.3, 0.4) is 0 Å². The minimum absolute atomic E-state index is 0.0485. The highest BCUT2D eigenvalue weighted by molar-refractivity contribution is 5.95. The predicted octanol–water partition coefficient (Wildman–Crippen LogP) is 1.47. The molecular weight excluding hydrogens is 260 g/mol. The fourth-order valence-electron chi connectivity index (χ4n) is 2.22. The van der Waals surface area contributed by atoms with Crippen LogP contribution >= 0.6 is 0 Å². The van der Waals surface area contributed by atoms with E-state index in [9.17, 15) is 9.59 Å². The molecule has 1 saturated carbocycles. The summed E-state index contributed by atoms with van der Waals surface area (Å²) in [6.07, 6.45) is 6.24. The number of carboxylic acid groups (broad SMARTS) is 1. The fraction of sp³-hybridized carbons (Fsp3) is 0.500. The molecule has 0 saturated heterocycles. The number of aromatic carboxylic acids is 1. The van der Waals surface area contributed by atoms with E-state index >= 15 is 0 Å². The van der Waals surface area contributed by atoms with Gasteiger partial charge in [0.2, 0.25) is 0 Å². The highest BCUT2D eigenvalue weighted by Crippen LogP contribution is 2.20. The van der Waals surface area contributed by atoms with Crippen molar-refractivity contribution in [2.24, 2.45) is 0 Å². The van der Waals surface area contributed by atoms with Crippen molar-refractivity contribution in [3.8, 4) is 0 Å². The van der Waals surface area contributed by atoms with Gasteiger partial charge in [-0.05, 0) is 25.0 Å². The molecule has 1 aromatic rings. The molecule has 20 heavy (non-hydrogen) atoms. The summed E-state index contributed by atoms with van der Waals surface area (Å²) in [4.78, 5) is 26.5. The van der Waals surface area contributed by atoms with Gasteiger partial charge in [-0.15, -0.1) is 0 Å². The van der Waals surface area contributed by atoms with Crippen LogP contribution < -0.4 is 5.32 Å². The molecular formula is C14H18N2O4. The molecule has 0 aromatic carbocycles. The lowest BCUT2D eigenvalue weighted by molar-refractivity contribution is 0.0581. The van der Waals surface area contributed by atoms with Crippen LogP contribution in [0.15, 0.2) is 18.3 Å². The number of hydrogen-bond acceptors (Lipinski definition) is 4. The van der Waals surface area contributed by atoms with E-state index in [0.717, 1.165) is 12.8 Å². The van der Waals surface area contributed by atoms with E-state index in [4.69, 9.17) is 9.84 Å². The van der Waals surface area contributed by atoms with Crippen molar-refractivity contribution in [3.63, 3.8) is 0 Å². The highest BCUT2D eigenvalue weighted by atomic mass is 16.5. The van der Waals surface area contributed by atoms with Gasteiger partial charge in [-0.1, -0.05) is 12.8 Å². The van der Waals surface area contributed by atoms with Crippen LogP contribution in [0.25, 0.3) is 0 Å². The standard InChI is InChI=1S/C14H18N2O4/c17-13(12-9-10(14(18)19)5-6-15-12)16-7-8-20-11-3-1-2-4-11/h5-6,9,11H,1-4,7-8H2,(H,16,17)(H,18,19). The minimum Gasteiger partial charge on any atom is -0.478 e. The molecule has 2 N–H and O–H groups in total. The Morgan fingerprint density at radius 1 is 1.40 bits per heavy atom. The largest absolute Gasteiger partial charge is 0.478 e. The highest BCUT2D eigenvalue weighted by Gasteiger charge is 2.15. The summed E-state index contributed by atoms with van der Waals surface area (Å²) in [6.45, 7) is 0.864. The lowest BCUT2D eigenvalue weighted by atomic mass is 10.2. The molecule has 108 valence electrons. The zero-order valence-corrected chi connectivity index (χ0v) is 11.2. The van der Waals surface area contributed by atoms with Crippen LogP contribution in [-0.4, -0.2) is 41.2 Å². The Morgan fingerprint density at radius 3 is 2.85 bits per heavy atom. The lowest BCUT2D eigenvalue weighted by Gasteiger charge is -2.11. The molecule has 0 radical (unpaired) electrons. The first-order chi connectivity index (χ1) is 9.66. The monoisotopic (exact) mass is 278 g/mol. The molecule has 2 rings (SSSR count). The number of nitrogens with one attached hydrogen (secondary N) is 1. The van der Waals surface area contributed by atoms with E-state index in [1.807, 2.05) is 0 Å². The van der Waals surface area contributed by atoms with Crippen LogP contribution in [0.2, 0.25) is 0 Å². The summed E-state index contributed by atoms with van der Waals surface area (Å²) >= 11 is 0. The van der Waals surface area contributed by atoms with E-state index in [-0.39, 0.29) is 17.2 Å². The van der Waals surface area contributed by atoms with Gasteiger partial charge < -0.3 is 15.2 Å². The summed E-state index contributed by atoms with van der Waals surface area (Å²) in [5.41, 5.74) is 0.151. The number of carbonyl (C=O) groups excluding carboxylic acids is 1. The van der Waals surface area contributed by atoms with E-state index < -0.39 is 5.97 Å². The average molecular weight is 278 g/mol. The number of ether oxygens (including phenoxy) is 1. The Morgan fingerprint density at radius 2 is 2.15 bits per heavy atom. The third-order valence-electron chi connectivity index (χ3n) is 3.28. The first-order valence-electron chi connectivity index (χ1n) is 6.76. The van der Waals surface area contributed by atoms with Gasteiger partial charge in [-0.25, -0.2) is 4.79 Å². The molecule has 1 fully saturated rings. The van der Waals surface area contributed by atoms with Gasteiger partial charge in [0.05, 0.1) is 18.3 Å². The van der Waals surface area contributed by atoms with Crippen molar-refractivity contribution >= 4 is 11.9 Å². The maximum absolute atomic E-state index is 11.8. The van der Waals surface area contributed by atoms with E-state index in [1.165, 1.54) is 31.2 Å². The van der Waals surface area contributed by atoms with Gasteiger partial charge in [-0.2, -0.15) is 0 Å². The number of aromatic nitrogens is 1. The number of pyridine rings is 1. The third kappa shape index (κ3) is 4.03. The summed E-state index contributed by atoms with van der Waals surface area (Å²) in [6, 6.07) is 2.61. The average Bonchev–Trinajstić information content (AvgIpc) is 2.96. The number of carbonyl (C=O) groups is 2. The molecule has 0 aliphatic heterocycles. The maximum Gasteiger partial charge on any atom is 0.335 e. The maximum atomic E-state index is 11.8. The Hall–Kier alpha value is -1.95. The molecule has 0 bridgehead atoms. The molecule has 0 atom stereocenters. The van der Waals surface area contributed by atoms with Gasteiger partial charge in [0.25, 0.3) is 5.91 Å². The van der Waals surface area contributed by atoms with Crippen molar-refractivity contribution in [1.29, 1.82) is 0 Å². The van der Waals surface area contributed by atoms with E-state index in [2.05, 4.69) is 10.3 Å². The Kier molecular flexibility index (Phi) is 5.06. The second-order valence-electron chi connectivity index (χ2n) is 4.77. The Labute approximate surface area is 117 Å². The minimum atomic E-state index is -1.08. The molecule has 6 heteroatoms. The molecule has 1 aromatic heterocycles. The number of amides is 1. The molecule has 6 nitrogen and oxygen atoms in total. The SMILES string of the molecule is O=C(O)c1ccnc(C(=O)NCCOC2CCCC2)c1. The fourth-order valence-corrected chi connectivity index (χ4v) is 2.22. The summed E-state index contributed by atoms with van der Waals surface area (Å²) in [5.74, 6) is -1.46.